The average molecular weight is 223 g/mol. The van der Waals surface area contributed by atoms with Gasteiger partial charge < -0.3 is 4.74 Å². The molecule has 0 aromatic rings. The van der Waals surface area contributed by atoms with Crippen molar-refractivity contribution in [3.63, 3.8) is 0 Å². The lowest BCUT2D eigenvalue weighted by molar-refractivity contribution is -0.122. The fourth-order valence-corrected chi connectivity index (χ4v) is 2.16. The van der Waals surface area contributed by atoms with Gasteiger partial charge in [-0.3, -0.25) is 9.69 Å². The Morgan fingerprint density at radius 3 is 2.25 bits per heavy atom. The lowest BCUT2D eigenvalue weighted by Gasteiger charge is -2.35. The SMILES string of the molecule is CC(C)(C)OC(=O)N1[C@H]2C=C[C@H]1CC(=O)C2. The van der Waals surface area contributed by atoms with Crippen LogP contribution in [0.2, 0.25) is 0 Å². The van der Waals surface area contributed by atoms with Crippen LogP contribution in [0.3, 0.4) is 0 Å². The molecule has 0 N–H and O–H groups in total. The number of ketones is 1. The number of nitrogens with zero attached hydrogens (tertiary/aromatic N) is 1. The zero-order valence-corrected chi connectivity index (χ0v) is 9.90. The van der Waals surface area contributed by atoms with Crippen LogP contribution in [-0.2, 0) is 9.53 Å². The molecule has 0 spiro atoms. The summed E-state index contributed by atoms with van der Waals surface area (Å²) in [5.41, 5.74) is -0.488. The Morgan fingerprint density at radius 1 is 1.31 bits per heavy atom. The van der Waals surface area contributed by atoms with Crippen LogP contribution in [0.25, 0.3) is 0 Å². The fraction of sp³-hybridized carbons (Fsp3) is 0.667. The first kappa shape index (κ1) is 11.2. The molecule has 16 heavy (non-hydrogen) atoms. The van der Waals surface area contributed by atoms with Gasteiger partial charge in [0, 0.05) is 12.8 Å². The summed E-state index contributed by atoms with van der Waals surface area (Å²) in [6.07, 6.45) is 4.39. The minimum absolute atomic E-state index is 0.0962. The van der Waals surface area contributed by atoms with Crippen LogP contribution in [0, 0.1) is 0 Å². The lowest BCUT2D eigenvalue weighted by atomic mass is 10.0. The number of carbonyl (C=O) groups excluding carboxylic acids is 2. The normalized spacial score (nSPS) is 28.4. The van der Waals surface area contributed by atoms with Crippen molar-refractivity contribution < 1.29 is 14.3 Å². The summed E-state index contributed by atoms with van der Waals surface area (Å²) >= 11 is 0. The molecule has 2 aliphatic rings. The van der Waals surface area contributed by atoms with Crippen LogP contribution in [0.5, 0.6) is 0 Å². The molecule has 88 valence electrons. The third-order valence-electron chi connectivity index (χ3n) is 2.75. The van der Waals surface area contributed by atoms with Crippen LogP contribution < -0.4 is 0 Å². The van der Waals surface area contributed by atoms with Gasteiger partial charge in [-0.2, -0.15) is 0 Å². The van der Waals surface area contributed by atoms with Gasteiger partial charge >= 0.3 is 6.09 Å². The second-order valence-electron chi connectivity index (χ2n) is 5.35. The summed E-state index contributed by atoms with van der Waals surface area (Å²) in [5, 5.41) is 0. The van der Waals surface area contributed by atoms with Crippen LogP contribution in [0.4, 0.5) is 4.79 Å². The molecule has 2 bridgehead atoms. The van der Waals surface area contributed by atoms with E-state index in [-0.39, 0.29) is 24.0 Å². The van der Waals surface area contributed by atoms with Gasteiger partial charge in [-0.1, -0.05) is 12.2 Å². The topological polar surface area (TPSA) is 46.6 Å². The number of rotatable bonds is 0. The van der Waals surface area contributed by atoms with Crippen molar-refractivity contribution in [1.29, 1.82) is 0 Å². The Morgan fingerprint density at radius 2 is 1.81 bits per heavy atom. The van der Waals surface area contributed by atoms with E-state index in [9.17, 15) is 9.59 Å². The van der Waals surface area contributed by atoms with E-state index in [2.05, 4.69) is 0 Å². The Bertz CT molecular complexity index is 336. The number of hydrogen-bond donors (Lipinski definition) is 0. The molecule has 4 heteroatoms. The number of hydrogen-bond acceptors (Lipinski definition) is 3. The Labute approximate surface area is 95.2 Å². The van der Waals surface area contributed by atoms with Gasteiger partial charge in [0.2, 0.25) is 0 Å². The van der Waals surface area contributed by atoms with Crippen molar-refractivity contribution in [1.82, 2.24) is 4.90 Å². The minimum Gasteiger partial charge on any atom is -0.444 e. The Hall–Kier alpha value is -1.32. The van der Waals surface area contributed by atoms with Crippen molar-refractivity contribution in [3.05, 3.63) is 12.2 Å². The molecule has 2 aliphatic heterocycles. The summed E-state index contributed by atoms with van der Waals surface area (Å²) in [4.78, 5) is 25.0. The second-order valence-corrected chi connectivity index (χ2v) is 5.35. The van der Waals surface area contributed by atoms with Crippen molar-refractivity contribution in [2.24, 2.45) is 0 Å². The molecule has 1 fully saturated rings. The molecule has 0 aromatic heterocycles. The molecular formula is C12H17NO3. The van der Waals surface area contributed by atoms with E-state index in [0.717, 1.165) is 0 Å². The molecule has 0 saturated carbocycles. The van der Waals surface area contributed by atoms with Gasteiger partial charge in [0.1, 0.15) is 11.4 Å². The standard InChI is InChI=1S/C12H17NO3/c1-12(2,3)16-11(15)13-8-4-5-9(13)7-10(14)6-8/h4-5,8-9H,6-7H2,1-3H3/t8-,9-/m0/s1. The first-order chi connectivity index (χ1) is 7.37. The molecule has 2 heterocycles. The third-order valence-corrected chi connectivity index (χ3v) is 2.75. The van der Waals surface area contributed by atoms with E-state index in [0.29, 0.717) is 12.8 Å². The number of Topliss-reactive ketones (excluding diaryl/α,β-unsaturated/α-hetero) is 1. The highest BCUT2D eigenvalue weighted by Gasteiger charge is 2.41. The third kappa shape index (κ3) is 2.10. The van der Waals surface area contributed by atoms with Gasteiger partial charge in [0.25, 0.3) is 0 Å². The van der Waals surface area contributed by atoms with Gasteiger partial charge in [0.15, 0.2) is 0 Å². The smallest absolute Gasteiger partial charge is 0.411 e. The highest BCUT2D eigenvalue weighted by atomic mass is 16.6. The summed E-state index contributed by atoms with van der Waals surface area (Å²) in [7, 11) is 0. The van der Waals surface area contributed by atoms with Gasteiger partial charge in [-0.25, -0.2) is 4.79 Å². The molecular weight excluding hydrogens is 206 g/mol. The molecule has 0 unspecified atom stereocenters. The highest BCUT2D eigenvalue weighted by molar-refractivity contribution is 5.85. The van der Waals surface area contributed by atoms with Gasteiger partial charge in [-0.15, -0.1) is 0 Å². The first-order valence-electron chi connectivity index (χ1n) is 5.58. The molecule has 2 atom stereocenters. The van der Waals surface area contributed by atoms with Gasteiger partial charge in [-0.05, 0) is 20.8 Å². The maximum Gasteiger partial charge on any atom is 0.411 e. The quantitative estimate of drug-likeness (QED) is 0.589. The maximum atomic E-state index is 11.9. The number of fused-ring (bicyclic) bond motifs is 2. The zero-order valence-electron chi connectivity index (χ0n) is 9.90. The molecule has 0 aromatic carbocycles. The van der Waals surface area contributed by atoms with Crippen LogP contribution in [-0.4, -0.2) is 34.5 Å². The fourth-order valence-electron chi connectivity index (χ4n) is 2.16. The predicted octanol–water partition coefficient (Wildman–Crippen LogP) is 1.89. The van der Waals surface area contributed by atoms with E-state index < -0.39 is 5.60 Å². The van der Waals surface area contributed by atoms with Crippen LogP contribution >= 0.6 is 0 Å². The minimum atomic E-state index is -0.488. The van der Waals surface area contributed by atoms with E-state index in [1.807, 2.05) is 32.9 Å². The number of ether oxygens (including phenoxy) is 1. The molecule has 2 rings (SSSR count). The summed E-state index contributed by atoms with van der Waals surface area (Å²) in [5.74, 6) is 0.222. The van der Waals surface area contributed by atoms with Crippen molar-refractivity contribution in [2.75, 3.05) is 0 Å². The summed E-state index contributed by atoms with van der Waals surface area (Å²) in [6, 6.07) is -0.192. The molecule has 0 radical (unpaired) electrons. The van der Waals surface area contributed by atoms with E-state index >= 15 is 0 Å². The Kier molecular flexibility index (Phi) is 2.52. The Balaban J connectivity index is 2.07. The molecule has 1 saturated heterocycles. The number of carbonyl (C=O) groups is 2. The van der Waals surface area contributed by atoms with E-state index in [1.54, 1.807) is 4.90 Å². The van der Waals surface area contributed by atoms with Crippen molar-refractivity contribution in [2.45, 2.75) is 51.3 Å². The predicted molar refractivity (Wildman–Crippen MR) is 59.0 cm³/mol. The van der Waals surface area contributed by atoms with E-state index in [1.165, 1.54) is 0 Å². The van der Waals surface area contributed by atoms with Gasteiger partial charge in [0.05, 0.1) is 12.1 Å². The molecule has 0 aliphatic carbocycles. The number of amides is 1. The summed E-state index contributed by atoms with van der Waals surface area (Å²) in [6.45, 7) is 5.53. The van der Waals surface area contributed by atoms with Crippen LogP contribution in [0.1, 0.15) is 33.6 Å². The maximum absolute atomic E-state index is 11.9. The lowest BCUT2D eigenvalue weighted by Crippen LogP contribution is -2.49. The van der Waals surface area contributed by atoms with Crippen LogP contribution in [0.15, 0.2) is 12.2 Å². The average Bonchev–Trinajstić information content (AvgIpc) is 2.36. The largest absolute Gasteiger partial charge is 0.444 e. The monoisotopic (exact) mass is 223 g/mol. The van der Waals surface area contributed by atoms with Crippen molar-refractivity contribution in [3.8, 4) is 0 Å². The highest BCUT2D eigenvalue weighted by Crippen LogP contribution is 2.29. The van der Waals surface area contributed by atoms with E-state index in [4.69, 9.17) is 4.74 Å². The first-order valence-corrected chi connectivity index (χ1v) is 5.58. The molecule has 4 nitrogen and oxygen atoms in total. The van der Waals surface area contributed by atoms with Crippen molar-refractivity contribution >= 4 is 11.9 Å². The number of piperidine rings is 1. The second kappa shape index (κ2) is 3.61. The molecule has 1 amide bonds. The summed E-state index contributed by atoms with van der Waals surface area (Å²) < 4.78 is 5.33. The zero-order chi connectivity index (χ0) is 11.9.